The van der Waals surface area contributed by atoms with E-state index < -0.39 is 0 Å². The van der Waals surface area contributed by atoms with Gasteiger partial charge >= 0.3 is 0 Å². The molecule has 0 fully saturated rings. The molecule has 2 nitrogen and oxygen atoms in total. The zero-order valence-corrected chi connectivity index (χ0v) is 14.3. The van der Waals surface area contributed by atoms with Crippen molar-refractivity contribution >= 4 is 27.3 Å². The molecule has 0 aliphatic carbocycles. The number of halogens is 2. The molecule has 0 radical (unpaired) electrons. The van der Waals surface area contributed by atoms with Crippen LogP contribution in [0.2, 0.25) is 0 Å². The van der Waals surface area contributed by atoms with Gasteiger partial charge in [-0.05, 0) is 55.8 Å². The van der Waals surface area contributed by atoms with Gasteiger partial charge in [0.05, 0.1) is 6.04 Å². The maximum Gasteiger partial charge on any atom is 0.128 e. The molecule has 0 bridgehead atoms. The molecular weight excluding hydrogens is 331 g/mol. The zero-order valence-electron chi connectivity index (χ0n) is 12.7. The second-order valence-electron chi connectivity index (χ2n) is 5.43. The summed E-state index contributed by atoms with van der Waals surface area (Å²) in [5.74, 6) is -0.194. The SMILES string of the molecule is Cc1cc(N(C)C)ccc1NC(C)c1cc(Br)ccc1F. The first kappa shape index (κ1) is 15.8. The van der Waals surface area contributed by atoms with Crippen LogP contribution in [0.15, 0.2) is 40.9 Å². The van der Waals surface area contributed by atoms with Gasteiger partial charge in [-0.25, -0.2) is 4.39 Å². The van der Waals surface area contributed by atoms with Crippen LogP contribution in [-0.4, -0.2) is 14.1 Å². The maximum absolute atomic E-state index is 13.9. The molecule has 0 saturated carbocycles. The standard InChI is InChI=1S/C17H20BrFN2/c1-11-9-14(21(3)4)6-8-17(11)20-12(2)15-10-13(18)5-7-16(15)19/h5-10,12,20H,1-4H3. The third-order valence-electron chi connectivity index (χ3n) is 3.52. The van der Waals surface area contributed by atoms with Gasteiger partial charge in [0.1, 0.15) is 5.82 Å². The lowest BCUT2D eigenvalue weighted by atomic mass is 10.1. The summed E-state index contributed by atoms with van der Waals surface area (Å²) >= 11 is 3.39. The lowest BCUT2D eigenvalue weighted by Crippen LogP contribution is -2.11. The van der Waals surface area contributed by atoms with Crippen molar-refractivity contribution in [2.75, 3.05) is 24.3 Å². The summed E-state index contributed by atoms with van der Waals surface area (Å²) in [6.45, 7) is 4.02. The molecule has 4 heteroatoms. The van der Waals surface area contributed by atoms with Crippen LogP contribution in [0, 0.1) is 12.7 Å². The van der Waals surface area contributed by atoms with Gasteiger partial charge in [-0.1, -0.05) is 15.9 Å². The highest BCUT2D eigenvalue weighted by atomic mass is 79.9. The number of aryl methyl sites for hydroxylation is 1. The van der Waals surface area contributed by atoms with E-state index in [9.17, 15) is 4.39 Å². The molecule has 0 heterocycles. The van der Waals surface area contributed by atoms with Crippen molar-refractivity contribution in [1.82, 2.24) is 0 Å². The minimum Gasteiger partial charge on any atom is -0.378 e. The molecule has 0 aromatic heterocycles. The molecule has 112 valence electrons. The molecular formula is C17H20BrFN2. The van der Waals surface area contributed by atoms with Crippen LogP contribution in [-0.2, 0) is 0 Å². The number of nitrogens with one attached hydrogen (secondary N) is 1. The number of benzene rings is 2. The molecule has 2 aromatic rings. The smallest absolute Gasteiger partial charge is 0.128 e. The summed E-state index contributed by atoms with van der Waals surface area (Å²) in [7, 11) is 4.03. The van der Waals surface area contributed by atoms with Gasteiger partial charge in [0, 0.05) is 35.5 Å². The normalized spacial score (nSPS) is 12.1. The van der Waals surface area contributed by atoms with Gasteiger partial charge in [0.2, 0.25) is 0 Å². The Morgan fingerprint density at radius 1 is 1.14 bits per heavy atom. The van der Waals surface area contributed by atoms with Crippen molar-refractivity contribution in [1.29, 1.82) is 0 Å². The zero-order chi connectivity index (χ0) is 15.6. The molecule has 2 aromatic carbocycles. The maximum atomic E-state index is 13.9. The van der Waals surface area contributed by atoms with Crippen LogP contribution >= 0.6 is 15.9 Å². The number of anilines is 2. The Balaban J connectivity index is 2.23. The van der Waals surface area contributed by atoms with E-state index in [2.05, 4.69) is 45.2 Å². The van der Waals surface area contributed by atoms with Crippen LogP contribution in [0.1, 0.15) is 24.1 Å². The fraction of sp³-hybridized carbons (Fsp3) is 0.294. The highest BCUT2D eigenvalue weighted by molar-refractivity contribution is 9.10. The number of rotatable bonds is 4. The first-order valence-electron chi connectivity index (χ1n) is 6.88. The highest BCUT2D eigenvalue weighted by Crippen LogP contribution is 2.28. The van der Waals surface area contributed by atoms with Gasteiger partial charge in [0.15, 0.2) is 0 Å². The lowest BCUT2D eigenvalue weighted by molar-refractivity contribution is 0.600. The van der Waals surface area contributed by atoms with Crippen molar-refractivity contribution in [2.24, 2.45) is 0 Å². The summed E-state index contributed by atoms with van der Waals surface area (Å²) in [4.78, 5) is 2.06. The van der Waals surface area contributed by atoms with E-state index in [4.69, 9.17) is 0 Å². The Morgan fingerprint density at radius 2 is 1.86 bits per heavy atom. The second kappa shape index (κ2) is 6.48. The Morgan fingerprint density at radius 3 is 2.48 bits per heavy atom. The predicted molar refractivity (Wildman–Crippen MR) is 91.6 cm³/mol. The molecule has 0 aliphatic heterocycles. The summed E-state index contributed by atoms with van der Waals surface area (Å²) in [6, 6.07) is 11.1. The summed E-state index contributed by atoms with van der Waals surface area (Å²) in [5, 5.41) is 3.38. The van der Waals surface area contributed by atoms with Crippen LogP contribution < -0.4 is 10.2 Å². The fourth-order valence-electron chi connectivity index (χ4n) is 2.25. The third kappa shape index (κ3) is 3.76. The second-order valence-corrected chi connectivity index (χ2v) is 6.34. The average molecular weight is 351 g/mol. The van der Waals surface area contributed by atoms with Crippen molar-refractivity contribution in [3.8, 4) is 0 Å². The molecule has 0 aliphatic rings. The topological polar surface area (TPSA) is 15.3 Å². The van der Waals surface area contributed by atoms with Crippen molar-refractivity contribution in [2.45, 2.75) is 19.9 Å². The number of hydrogen-bond donors (Lipinski definition) is 1. The molecule has 1 N–H and O–H groups in total. The Bertz CT molecular complexity index is 641. The quantitative estimate of drug-likeness (QED) is 0.821. The van der Waals surface area contributed by atoms with Crippen LogP contribution in [0.3, 0.4) is 0 Å². The summed E-state index contributed by atoms with van der Waals surface area (Å²) in [5.41, 5.74) is 3.97. The Kier molecular flexibility index (Phi) is 4.88. The van der Waals surface area contributed by atoms with Crippen molar-refractivity contribution in [3.05, 3.63) is 57.8 Å². The number of hydrogen-bond acceptors (Lipinski definition) is 2. The van der Waals surface area contributed by atoms with Gasteiger partial charge in [-0.3, -0.25) is 0 Å². The highest BCUT2D eigenvalue weighted by Gasteiger charge is 2.12. The minimum atomic E-state index is -0.194. The predicted octanol–water partition coefficient (Wildman–Crippen LogP) is 5.14. The molecule has 1 unspecified atom stereocenters. The van der Waals surface area contributed by atoms with Crippen LogP contribution in [0.5, 0.6) is 0 Å². The van der Waals surface area contributed by atoms with E-state index >= 15 is 0 Å². The van der Waals surface area contributed by atoms with Crippen molar-refractivity contribution in [3.63, 3.8) is 0 Å². The Labute approximate surface area is 134 Å². The average Bonchev–Trinajstić information content (AvgIpc) is 2.43. The third-order valence-corrected chi connectivity index (χ3v) is 4.02. The first-order valence-corrected chi connectivity index (χ1v) is 7.67. The Hall–Kier alpha value is -1.55. The van der Waals surface area contributed by atoms with Gasteiger partial charge in [0.25, 0.3) is 0 Å². The molecule has 0 spiro atoms. The largest absolute Gasteiger partial charge is 0.378 e. The molecule has 0 saturated heterocycles. The van der Waals surface area contributed by atoms with Gasteiger partial charge in [-0.2, -0.15) is 0 Å². The van der Waals surface area contributed by atoms with Crippen LogP contribution in [0.4, 0.5) is 15.8 Å². The molecule has 1 atom stereocenters. The fourth-order valence-corrected chi connectivity index (χ4v) is 2.62. The summed E-state index contributed by atoms with van der Waals surface area (Å²) in [6.07, 6.45) is 0. The van der Waals surface area contributed by atoms with E-state index in [1.807, 2.05) is 33.2 Å². The first-order chi connectivity index (χ1) is 9.88. The van der Waals surface area contributed by atoms with Crippen LogP contribution in [0.25, 0.3) is 0 Å². The van der Waals surface area contributed by atoms with E-state index in [-0.39, 0.29) is 11.9 Å². The van der Waals surface area contributed by atoms with Crippen molar-refractivity contribution < 1.29 is 4.39 Å². The monoisotopic (exact) mass is 350 g/mol. The van der Waals surface area contributed by atoms with Gasteiger partial charge < -0.3 is 10.2 Å². The lowest BCUT2D eigenvalue weighted by Gasteiger charge is -2.20. The summed E-state index contributed by atoms with van der Waals surface area (Å²) < 4.78 is 14.8. The van der Waals surface area contributed by atoms with E-state index in [1.165, 1.54) is 6.07 Å². The minimum absolute atomic E-state index is 0.105. The number of nitrogens with zero attached hydrogens (tertiary/aromatic N) is 1. The molecule has 21 heavy (non-hydrogen) atoms. The van der Waals surface area contributed by atoms with E-state index in [0.29, 0.717) is 5.56 Å². The van der Waals surface area contributed by atoms with E-state index in [1.54, 1.807) is 6.07 Å². The van der Waals surface area contributed by atoms with E-state index in [0.717, 1.165) is 21.4 Å². The van der Waals surface area contributed by atoms with Gasteiger partial charge in [-0.15, -0.1) is 0 Å². The molecule has 2 rings (SSSR count). The molecule has 0 amide bonds.